The lowest BCUT2D eigenvalue weighted by atomic mass is 10.2. The van der Waals surface area contributed by atoms with Crippen LogP contribution in [0.15, 0.2) is 58.1 Å². The van der Waals surface area contributed by atoms with Crippen LogP contribution in [0.25, 0.3) is 0 Å². The van der Waals surface area contributed by atoms with Crippen LogP contribution in [0.3, 0.4) is 0 Å². The first-order valence-electron chi connectivity index (χ1n) is 6.69. The van der Waals surface area contributed by atoms with Crippen molar-refractivity contribution in [1.29, 1.82) is 0 Å². The Balaban J connectivity index is 1.89. The fraction of sp³-hybridized carbons (Fsp3) is 0.125. The van der Waals surface area contributed by atoms with Gasteiger partial charge in [-0.25, -0.2) is 5.43 Å². The van der Waals surface area contributed by atoms with Crippen molar-refractivity contribution in [3.63, 3.8) is 0 Å². The Labute approximate surface area is 137 Å². The minimum Gasteiger partial charge on any atom is -0.507 e. The molecule has 0 aliphatic carbocycles. The van der Waals surface area contributed by atoms with Crippen LogP contribution in [-0.2, 0) is 4.79 Å². The molecule has 114 valence electrons. The Morgan fingerprint density at radius 3 is 2.59 bits per heavy atom. The highest BCUT2D eigenvalue weighted by molar-refractivity contribution is 9.10. The molecule has 1 atom stereocenters. The third-order valence-corrected chi connectivity index (χ3v) is 3.46. The lowest BCUT2D eigenvalue weighted by Gasteiger charge is -2.13. The van der Waals surface area contributed by atoms with Gasteiger partial charge in [0.05, 0.1) is 6.21 Å². The molecule has 0 heterocycles. The summed E-state index contributed by atoms with van der Waals surface area (Å²) in [5.74, 6) is -0.156. The van der Waals surface area contributed by atoms with Gasteiger partial charge in [0.2, 0.25) is 0 Å². The first-order valence-corrected chi connectivity index (χ1v) is 7.48. The van der Waals surface area contributed by atoms with E-state index in [9.17, 15) is 9.90 Å². The molecule has 22 heavy (non-hydrogen) atoms. The second-order valence-electron chi connectivity index (χ2n) is 4.67. The largest absolute Gasteiger partial charge is 0.507 e. The summed E-state index contributed by atoms with van der Waals surface area (Å²) in [5, 5.41) is 16.5. The summed E-state index contributed by atoms with van der Waals surface area (Å²) < 4.78 is 0.974. The molecule has 6 heteroatoms. The first kappa shape index (κ1) is 16.0. The molecule has 1 amide bonds. The number of nitrogens with one attached hydrogen (secondary N) is 2. The number of carbonyl (C=O) groups is 1. The Kier molecular flexibility index (Phi) is 5.55. The molecule has 5 nitrogen and oxygen atoms in total. The number of hydrogen-bond acceptors (Lipinski definition) is 4. The van der Waals surface area contributed by atoms with E-state index < -0.39 is 6.04 Å². The number of amides is 1. The topological polar surface area (TPSA) is 73.7 Å². The molecule has 0 radical (unpaired) electrons. The molecule has 0 saturated carbocycles. The minimum atomic E-state index is -0.442. The number of hydrazone groups is 1. The van der Waals surface area contributed by atoms with Crippen LogP contribution in [0.5, 0.6) is 5.75 Å². The summed E-state index contributed by atoms with van der Waals surface area (Å²) in [6.07, 6.45) is 1.40. The third kappa shape index (κ3) is 4.60. The molecule has 2 rings (SSSR count). The molecule has 0 unspecified atom stereocenters. The van der Waals surface area contributed by atoms with E-state index >= 15 is 0 Å². The Hall–Kier alpha value is -2.34. The summed E-state index contributed by atoms with van der Waals surface area (Å²) in [6, 6.07) is 13.8. The zero-order valence-electron chi connectivity index (χ0n) is 12.0. The van der Waals surface area contributed by atoms with Crippen molar-refractivity contribution in [2.24, 2.45) is 5.10 Å². The molecule has 0 fully saturated rings. The van der Waals surface area contributed by atoms with Gasteiger partial charge in [-0.3, -0.25) is 4.79 Å². The fourth-order valence-corrected chi connectivity index (χ4v) is 1.98. The van der Waals surface area contributed by atoms with Crippen LogP contribution in [-0.4, -0.2) is 23.3 Å². The number of phenols is 1. The lowest BCUT2D eigenvalue weighted by Crippen LogP contribution is -2.34. The van der Waals surface area contributed by atoms with Crippen LogP contribution in [0.2, 0.25) is 0 Å². The van der Waals surface area contributed by atoms with E-state index in [-0.39, 0.29) is 11.7 Å². The van der Waals surface area contributed by atoms with Gasteiger partial charge in [-0.05, 0) is 43.3 Å². The highest BCUT2D eigenvalue weighted by Crippen LogP contribution is 2.15. The van der Waals surface area contributed by atoms with Gasteiger partial charge in [0.25, 0.3) is 5.91 Å². The highest BCUT2D eigenvalue weighted by Gasteiger charge is 2.11. The molecular weight excluding hydrogens is 346 g/mol. The van der Waals surface area contributed by atoms with Gasteiger partial charge >= 0.3 is 0 Å². The maximum absolute atomic E-state index is 11.9. The summed E-state index contributed by atoms with van der Waals surface area (Å²) in [6.45, 7) is 1.74. The number of carbonyl (C=O) groups excluding carboxylic acids is 1. The monoisotopic (exact) mass is 361 g/mol. The minimum absolute atomic E-state index is 0.113. The standard InChI is InChI=1S/C16H16BrN3O2/c1-11(19-14-8-6-13(17)7-9-14)16(22)20-18-10-12-4-2-3-5-15(12)21/h2-11,19,21H,1H3,(H,20,22)/b18-10-/t11-/m0/s1. The van der Waals surface area contributed by atoms with Crippen molar-refractivity contribution in [3.05, 3.63) is 58.6 Å². The number of para-hydroxylation sites is 1. The maximum Gasteiger partial charge on any atom is 0.262 e. The summed E-state index contributed by atoms with van der Waals surface area (Å²) in [7, 11) is 0. The van der Waals surface area contributed by atoms with E-state index in [2.05, 4.69) is 31.8 Å². The van der Waals surface area contributed by atoms with Crippen LogP contribution >= 0.6 is 15.9 Å². The second kappa shape index (κ2) is 7.61. The predicted molar refractivity (Wildman–Crippen MR) is 91.1 cm³/mol. The smallest absolute Gasteiger partial charge is 0.262 e. The van der Waals surface area contributed by atoms with Crippen molar-refractivity contribution in [3.8, 4) is 5.75 Å². The quantitative estimate of drug-likeness (QED) is 0.565. The molecular formula is C16H16BrN3O2. The van der Waals surface area contributed by atoms with Crippen LogP contribution in [0.4, 0.5) is 5.69 Å². The van der Waals surface area contributed by atoms with Gasteiger partial charge in [-0.1, -0.05) is 28.1 Å². The van der Waals surface area contributed by atoms with E-state index in [1.54, 1.807) is 31.2 Å². The molecule has 0 spiro atoms. The van der Waals surface area contributed by atoms with Crippen molar-refractivity contribution >= 4 is 33.7 Å². The van der Waals surface area contributed by atoms with Gasteiger partial charge in [0.15, 0.2) is 0 Å². The third-order valence-electron chi connectivity index (χ3n) is 2.94. The van der Waals surface area contributed by atoms with Crippen LogP contribution in [0.1, 0.15) is 12.5 Å². The molecule has 0 saturated heterocycles. The molecule has 2 aromatic carbocycles. The van der Waals surface area contributed by atoms with E-state index in [1.807, 2.05) is 24.3 Å². The van der Waals surface area contributed by atoms with Crippen LogP contribution < -0.4 is 10.7 Å². The van der Waals surface area contributed by atoms with Crippen LogP contribution in [0, 0.1) is 0 Å². The summed E-state index contributed by atoms with van der Waals surface area (Å²) in [5.41, 5.74) is 3.82. The van der Waals surface area contributed by atoms with Gasteiger partial charge in [-0.15, -0.1) is 0 Å². The number of aromatic hydroxyl groups is 1. The zero-order valence-corrected chi connectivity index (χ0v) is 13.5. The second-order valence-corrected chi connectivity index (χ2v) is 5.58. The molecule has 2 aromatic rings. The molecule has 0 aliphatic heterocycles. The van der Waals surface area contributed by atoms with Gasteiger partial charge in [0.1, 0.15) is 11.8 Å². The number of phenolic OH excluding ortho intramolecular Hbond substituents is 1. The predicted octanol–water partition coefficient (Wildman–Crippen LogP) is 3.11. The molecule has 0 aliphatic rings. The Bertz CT molecular complexity index is 671. The number of nitrogens with zero attached hydrogens (tertiary/aromatic N) is 1. The average Bonchev–Trinajstić information content (AvgIpc) is 2.51. The van der Waals surface area contributed by atoms with Gasteiger partial charge < -0.3 is 10.4 Å². The van der Waals surface area contributed by atoms with Crippen molar-refractivity contribution in [2.75, 3.05) is 5.32 Å². The Morgan fingerprint density at radius 1 is 1.23 bits per heavy atom. The van der Waals surface area contributed by atoms with Crippen molar-refractivity contribution in [2.45, 2.75) is 13.0 Å². The van der Waals surface area contributed by atoms with Gasteiger partial charge in [0, 0.05) is 15.7 Å². The maximum atomic E-state index is 11.9. The van der Waals surface area contributed by atoms with E-state index in [1.165, 1.54) is 6.21 Å². The first-order chi connectivity index (χ1) is 10.6. The average molecular weight is 362 g/mol. The molecule has 3 N–H and O–H groups in total. The number of rotatable bonds is 5. The number of halogens is 1. The molecule has 0 bridgehead atoms. The zero-order chi connectivity index (χ0) is 15.9. The van der Waals surface area contributed by atoms with E-state index in [0.717, 1.165) is 10.2 Å². The summed E-state index contributed by atoms with van der Waals surface area (Å²) in [4.78, 5) is 11.9. The number of benzene rings is 2. The fourth-order valence-electron chi connectivity index (χ4n) is 1.72. The molecule has 0 aromatic heterocycles. The number of hydrogen-bond donors (Lipinski definition) is 3. The summed E-state index contributed by atoms with van der Waals surface area (Å²) >= 11 is 3.36. The van der Waals surface area contributed by atoms with Gasteiger partial charge in [-0.2, -0.15) is 5.10 Å². The van der Waals surface area contributed by atoms with E-state index in [0.29, 0.717) is 5.56 Å². The number of anilines is 1. The Morgan fingerprint density at radius 2 is 1.91 bits per heavy atom. The highest BCUT2D eigenvalue weighted by atomic mass is 79.9. The van der Waals surface area contributed by atoms with Crippen molar-refractivity contribution < 1.29 is 9.90 Å². The SMILES string of the molecule is C[C@H](Nc1ccc(Br)cc1)C(=O)N/N=C\c1ccccc1O. The van der Waals surface area contributed by atoms with Crippen molar-refractivity contribution in [1.82, 2.24) is 5.43 Å². The lowest BCUT2D eigenvalue weighted by molar-refractivity contribution is -0.121. The normalized spacial score (nSPS) is 12.1. The van der Waals surface area contributed by atoms with E-state index in [4.69, 9.17) is 0 Å².